The largest absolute Gasteiger partial charge is 0.467 e. The van der Waals surface area contributed by atoms with Crippen molar-refractivity contribution in [1.29, 1.82) is 0 Å². The summed E-state index contributed by atoms with van der Waals surface area (Å²) in [4.78, 5) is 22.5. The molecule has 1 aliphatic carbocycles. The molecular formula is C14H23NO4. The van der Waals surface area contributed by atoms with Gasteiger partial charge in [-0.25, -0.2) is 4.79 Å². The molecule has 0 fully saturated rings. The van der Waals surface area contributed by atoms with E-state index in [1.165, 1.54) is 14.0 Å². The van der Waals surface area contributed by atoms with Crippen molar-refractivity contribution in [2.45, 2.75) is 32.7 Å². The predicted octanol–water partition coefficient (Wildman–Crippen LogP) is 1.28. The van der Waals surface area contributed by atoms with Crippen molar-refractivity contribution in [3.63, 3.8) is 0 Å². The molecule has 5 heteroatoms. The molecule has 3 atom stereocenters. The van der Waals surface area contributed by atoms with Crippen LogP contribution in [0.1, 0.15) is 26.7 Å². The first kappa shape index (κ1) is 15.7. The Bertz CT molecular complexity index is 340. The van der Waals surface area contributed by atoms with E-state index in [9.17, 15) is 9.59 Å². The fourth-order valence-corrected chi connectivity index (χ4v) is 2.13. The van der Waals surface area contributed by atoms with E-state index in [4.69, 9.17) is 4.74 Å². The van der Waals surface area contributed by atoms with Gasteiger partial charge in [-0.1, -0.05) is 19.1 Å². The summed E-state index contributed by atoms with van der Waals surface area (Å²) in [7, 11) is 1.30. The molecule has 0 radical (unpaired) electrons. The molecule has 5 nitrogen and oxygen atoms in total. The first-order valence-electron chi connectivity index (χ1n) is 6.62. The van der Waals surface area contributed by atoms with Crippen molar-refractivity contribution in [3.8, 4) is 0 Å². The lowest BCUT2D eigenvalue weighted by molar-refractivity contribution is -0.146. The summed E-state index contributed by atoms with van der Waals surface area (Å²) in [5.41, 5.74) is 0. The standard InChI is InChI=1S/C14H23NO4/c1-10-6-4-5-7-12(10)8-19-9-13(14(17)18-3)15-11(2)16/h4-5,10,12-13H,6-9H2,1-3H3,(H,15,16). The van der Waals surface area contributed by atoms with E-state index in [1.54, 1.807) is 0 Å². The second-order valence-electron chi connectivity index (χ2n) is 4.99. The zero-order valence-electron chi connectivity index (χ0n) is 11.8. The Hall–Kier alpha value is -1.36. The maximum absolute atomic E-state index is 11.5. The van der Waals surface area contributed by atoms with Gasteiger partial charge in [0.25, 0.3) is 0 Å². The Morgan fingerprint density at radius 1 is 1.37 bits per heavy atom. The number of rotatable bonds is 6. The van der Waals surface area contributed by atoms with E-state index in [1.807, 2.05) is 0 Å². The number of carbonyl (C=O) groups excluding carboxylic acids is 2. The summed E-state index contributed by atoms with van der Waals surface area (Å²) in [5.74, 6) is 0.308. The summed E-state index contributed by atoms with van der Waals surface area (Å²) in [6.45, 7) is 4.31. The van der Waals surface area contributed by atoms with Gasteiger partial charge in [-0.2, -0.15) is 0 Å². The molecule has 0 aliphatic heterocycles. The number of nitrogens with one attached hydrogen (secondary N) is 1. The zero-order valence-corrected chi connectivity index (χ0v) is 11.8. The lowest BCUT2D eigenvalue weighted by atomic mass is 9.85. The van der Waals surface area contributed by atoms with Gasteiger partial charge < -0.3 is 14.8 Å². The van der Waals surface area contributed by atoms with Crippen LogP contribution in [0.25, 0.3) is 0 Å². The molecule has 0 aromatic heterocycles. The normalized spacial score (nSPS) is 23.7. The van der Waals surface area contributed by atoms with Gasteiger partial charge in [0.15, 0.2) is 6.04 Å². The minimum atomic E-state index is -0.725. The number of methoxy groups -OCH3 is 1. The molecule has 108 valence electrons. The van der Waals surface area contributed by atoms with Crippen LogP contribution >= 0.6 is 0 Å². The topological polar surface area (TPSA) is 64.6 Å². The second kappa shape index (κ2) is 7.94. The van der Waals surface area contributed by atoms with Gasteiger partial charge in [-0.3, -0.25) is 4.79 Å². The van der Waals surface area contributed by atoms with E-state index in [0.717, 1.165) is 12.8 Å². The van der Waals surface area contributed by atoms with Crippen molar-refractivity contribution < 1.29 is 19.1 Å². The number of hydrogen-bond donors (Lipinski definition) is 1. The number of hydrogen-bond acceptors (Lipinski definition) is 4. The monoisotopic (exact) mass is 269 g/mol. The van der Waals surface area contributed by atoms with Crippen LogP contribution in [-0.4, -0.2) is 38.2 Å². The highest BCUT2D eigenvalue weighted by atomic mass is 16.5. The summed E-state index contributed by atoms with van der Waals surface area (Å²) in [5, 5.41) is 2.53. The Kier molecular flexibility index (Phi) is 6.56. The quantitative estimate of drug-likeness (QED) is 0.583. The fraction of sp³-hybridized carbons (Fsp3) is 0.714. The molecule has 0 heterocycles. The summed E-state index contributed by atoms with van der Waals surface area (Å²) < 4.78 is 10.2. The predicted molar refractivity (Wildman–Crippen MR) is 71.5 cm³/mol. The number of carbonyl (C=O) groups is 2. The molecule has 0 aromatic carbocycles. The van der Waals surface area contributed by atoms with Crippen molar-refractivity contribution in [3.05, 3.63) is 12.2 Å². The van der Waals surface area contributed by atoms with E-state index in [2.05, 4.69) is 29.1 Å². The first-order valence-corrected chi connectivity index (χ1v) is 6.62. The van der Waals surface area contributed by atoms with Gasteiger partial charge in [-0.15, -0.1) is 0 Å². The summed E-state index contributed by atoms with van der Waals surface area (Å²) >= 11 is 0. The number of ether oxygens (including phenoxy) is 2. The SMILES string of the molecule is COC(=O)C(COCC1CC=CCC1C)NC(C)=O. The molecule has 19 heavy (non-hydrogen) atoms. The van der Waals surface area contributed by atoms with E-state index < -0.39 is 12.0 Å². The van der Waals surface area contributed by atoms with Gasteiger partial charge in [0, 0.05) is 6.92 Å². The number of esters is 1. The maximum atomic E-state index is 11.5. The third kappa shape index (κ3) is 5.42. The van der Waals surface area contributed by atoms with Crippen LogP contribution in [0.15, 0.2) is 12.2 Å². The van der Waals surface area contributed by atoms with Crippen LogP contribution in [-0.2, 0) is 19.1 Å². The molecule has 0 aromatic rings. The van der Waals surface area contributed by atoms with Crippen LogP contribution in [0.2, 0.25) is 0 Å². The molecule has 1 aliphatic rings. The Morgan fingerprint density at radius 3 is 2.63 bits per heavy atom. The maximum Gasteiger partial charge on any atom is 0.330 e. The van der Waals surface area contributed by atoms with Crippen LogP contribution in [0, 0.1) is 11.8 Å². The molecule has 0 bridgehead atoms. The van der Waals surface area contributed by atoms with Gasteiger partial charge in [0.2, 0.25) is 5.91 Å². The van der Waals surface area contributed by atoms with Crippen molar-refractivity contribution >= 4 is 11.9 Å². The molecule has 1 amide bonds. The molecule has 0 saturated carbocycles. The lowest BCUT2D eigenvalue weighted by Crippen LogP contribution is -2.44. The fourth-order valence-electron chi connectivity index (χ4n) is 2.13. The van der Waals surface area contributed by atoms with E-state index in [0.29, 0.717) is 18.4 Å². The zero-order chi connectivity index (χ0) is 14.3. The van der Waals surface area contributed by atoms with Crippen LogP contribution in [0.4, 0.5) is 0 Å². The highest BCUT2D eigenvalue weighted by Gasteiger charge is 2.23. The molecule has 1 rings (SSSR count). The van der Waals surface area contributed by atoms with Crippen LogP contribution in [0.3, 0.4) is 0 Å². The highest BCUT2D eigenvalue weighted by Crippen LogP contribution is 2.24. The minimum absolute atomic E-state index is 0.152. The summed E-state index contributed by atoms with van der Waals surface area (Å²) in [6.07, 6.45) is 6.43. The van der Waals surface area contributed by atoms with Crippen LogP contribution < -0.4 is 5.32 Å². The molecule has 0 saturated heterocycles. The molecule has 1 N–H and O–H groups in total. The van der Waals surface area contributed by atoms with Gasteiger partial charge in [-0.05, 0) is 24.7 Å². The van der Waals surface area contributed by atoms with Gasteiger partial charge in [0.05, 0.1) is 20.3 Å². The average molecular weight is 269 g/mol. The van der Waals surface area contributed by atoms with Crippen molar-refractivity contribution in [2.75, 3.05) is 20.3 Å². The summed E-state index contributed by atoms with van der Waals surface area (Å²) in [6, 6.07) is -0.725. The highest BCUT2D eigenvalue weighted by molar-refractivity contribution is 5.83. The molecule has 0 spiro atoms. The van der Waals surface area contributed by atoms with Crippen molar-refractivity contribution in [1.82, 2.24) is 5.32 Å². The smallest absolute Gasteiger partial charge is 0.330 e. The number of amides is 1. The molecular weight excluding hydrogens is 246 g/mol. The third-order valence-electron chi connectivity index (χ3n) is 3.40. The Balaban J connectivity index is 2.37. The third-order valence-corrected chi connectivity index (χ3v) is 3.40. The average Bonchev–Trinajstić information content (AvgIpc) is 2.38. The first-order chi connectivity index (χ1) is 9.04. The van der Waals surface area contributed by atoms with Gasteiger partial charge >= 0.3 is 5.97 Å². The van der Waals surface area contributed by atoms with Gasteiger partial charge in [0.1, 0.15) is 0 Å². The van der Waals surface area contributed by atoms with E-state index in [-0.39, 0.29) is 12.5 Å². The number of allylic oxidation sites excluding steroid dienone is 2. The minimum Gasteiger partial charge on any atom is -0.467 e. The van der Waals surface area contributed by atoms with Crippen LogP contribution in [0.5, 0.6) is 0 Å². The molecule has 3 unspecified atom stereocenters. The van der Waals surface area contributed by atoms with E-state index >= 15 is 0 Å². The Labute approximate surface area is 114 Å². The van der Waals surface area contributed by atoms with Crippen molar-refractivity contribution in [2.24, 2.45) is 11.8 Å². The second-order valence-corrected chi connectivity index (χ2v) is 4.99. The Morgan fingerprint density at radius 2 is 2.05 bits per heavy atom. The lowest BCUT2D eigenvalue weighted by Gasteiger charge is -2.25.